The Labute approximate surface area is 182 Å². The molecule has 3 aromatic rings. The zero-order chi connectivity index (χ0) is 20.6. The molecule has 0 heterocycles. The van der Waals surface area contributed by atoms with Crippen LogP contribution in [0.5, 0.6) is 11.5 Å². The number of phenolic OH excluding ortho intramolecular Hbond substituents is 1. The van der Waals surface area contributed by atoms with Crippen molar-refractivity contribution in [1.82, 2.24) is 5.32 Å². The lowest BCUT2D eigenvalue weighted by Gasteiger charge is -2.14. The summed E-state index contributed by atoms with van der Waals surface area (Å²) in [5, 5.41) is 15.0. The van der Waals surface area contributed by atoms with Crippen LogP contribution in [-0.2, 0) is 6.42 Å². The number of hydrogen-bond donors (Lipinski definition) is 3. The summed E-state index contributed by atoms with van der Waals surface area (Å²) in [6, 6.07) is 21.6. The molecule has 0 aliphatic carbocycles. The normalized spacial score (nSPS) is 10.2. The maximum absolute atomic E-state index is 12.7. The minimum Gasteiger partial charge on any atom is -0.508 e. The molecule has 3 rings (SSSR count). The number of carbonyl (C=O) groups excluding carboxylic acids is 1. The number of thiocarbonyl (C=S) groups is 1. The Hall–Kier alpha value is -2.90. The maximum atomic E-state index is 12.7. The van der Waals surface area contributed by atoms with Crippen molar-refractivity contribution in [2.75, 3.05) is 11.9 Å². The van der Waals surface area contributed by atoms with Gasteiger partial charge in [-0.2, -0.15) is 0 Å². The standard InChI is InChI=1S/C22H19BrN2O3S/c23-16-6-11-20(28-13-12-15-4-2-1-3-5-15)19(14-16)21(27)25-22(29)24-17-7-9-18(26)10-8-17/h1-11,14,26H,12-13H2,(H2,24,25,27,29). The van der Waals surface area contributed by atoms with E-state index in [1.165, 1.54) is 12.1 Å². The Morgan fingerprint density at radius 2 is 1.76 bits per heavy atom. The largest absolute Gasteiger partial charge is 0.508 e. The number of rotatable bonds is 6. The summed E-state index contributed by atoms with van der Waals surface area (Å²) in [5.41, 5.74) is 2.19. The van der Waals surface area contributed by atoms with Crippen LogP contribution < -0.4 is 15.4 Å². The number of ether oxygens (including phenoxy) is 1. The van der Waals surface area contributed by atoms with Crippen molar-refractivity contribution in [2.24, 2.45) is 0 Å². The smallest absolute Gasteiger partial charge is 0.261 e. The lowest BCUT2D eigenvalue weighted by Crippen LogP contribution is -2.34. The first-order valence-corrected chi connectivity index (χ1v) is 10.1. The number of anilines is 1. The van der Waals surface area contributed by atoms with Gasteiger partial charge in [0, 0.05) is 16.6 Å². The Kier molecular flexibility index (Phi) is 7.21. The highest BCUT2D eigenvalue weighted by molar-refractivity contribution is 9.10. The van der Waals surface area contributed by atoms with Crippen molar-refractivity contribution in [1.29, 1.82) is 0 Å². The second-order valence-electron chi connectivity index (χ2n) is 6.18. The summed E-state index contributed by atoms with van der Waals surface area (Å²) in [4.78, 5) is 12.7. The SMILES string of the molecule is O=C(NC(=S)Nc1ccc(O)cc1)c1cc(Br)ccc1OCCc1ccccc1. The molecule has 5 nitrogen and oxygen atoms in total. The van der Waals surface area contributed by atoms with E-state index in [2.05, 4.69) is 26.6 Å². The summed E-state index contributed by atoms with van der Waals surface area (Å²) >= 11 is 8.60. The van der Waals surface area contributed by atoms with Gasteiger partial charge < -0.3 is 15.2 Å². The summed E-state index contributed by atoms with van der Waals surface area (Å²) in [6.45, 7) is 0.447. The first kappa shape index (κ1) is 20.8. The number of halogens is 1. The molecule has 0 fully saturated rings. The van der Waals surface area contributed by atoms with Gasteiger partial charge in [0.05, 0.1) is 12.2 Å². The number of phenols is 1. The molecule has 3 N–H and O–H groups in total. The van der Waals surface area contributed by atoms with Gasteiger partial charge in [-0.1, -0.05) is 46.3 Å². The van der Waals surface area contributed by atoms with E-state index >= 15 is 0 Å². The zero-order valence-electron chi connectivity index (χ0n) is 15.4. The van der Waals surface area contributed by atoms with Crippen molar-refractivity contribution in [3.8, 4) is 11.5 Å². The molecule has 0 aromatic heterocycles. The van der Waals surface area contributed by atoms with E-state index < -0.39 is 0 Å². The first-order valence-electron chi connectivity index (χ1n) is 8.89. The Morgan fingerprint density at radius 3 is 2.48 bits per heavy atom. The fourth-order valence-corrected chi connectivity index (χ4v) is 3.18. The maximum Gasteiger partial charge on any atom is 0.261 e. The average molecular weight is 471 g/mol. The van der Waals surface area contributed by atoms with E-state index in [9.17, 15) is 9.90 Å². The predicted molar refractivity (Wildman–Crippen MR) is 122 cm³/mol. The van der Waals surface area contributed by atoms with Gasteiger partial charge in [0.15, 0.2) is 5.11 Å². The lowest BCUT2D eigenvalue weighted by atomic mass is 10.1. The molecule has 3 aromatic carbocycles. The Balaban J connectivity index is 1.63. The van der Waals surface area contributed by atoms with Crippen LogP contribution in [0.1, 0.15) is 15.9 Å². The minimum absolute atomic E-state index is 0.149. The third-order valence-corrected chi connectivity index (χ3v) is 4.73. The van der Waals surface area contributed by atoms with Gasteiger partial charge >= 0.3 is 0 Å². The van der Waals surface area contributed by atoms with Crippen LogP contribution in [0, 0.1) is 0 Å². The van der Waals surface area contributed by atoms with Crippen molar-refractivity contribution in [2.45, 2.75) is 6.42 Å². The molecule has 0 saturated carbocycles. The molecule has 0 radical (unpaired) electrons. The Morgan fingerprint density at radius 1 is 1.03 bits per heavy atom. The van der Waals surface area contributed by atoms with Gasteiger partial charge in [0.2, 0.25) is 0 Å². The summed E-state index contributed by atoms with van der Waals surface area (Å²) in [5.74, 6) is 0.253. The van der Waals surface area contributed by atoms with E-state index in [1.807, 2.05) is 36.4 Å². The summed E-state index contributed by atoms with van der Waals surface area (Å²) in [7, 11) is 0. The highest BCUT2D eigenvalue weighted by atomic mass is 79.9. The molecule has 0 spiro atoms. The van der Waals surface area contributed by atoms with Gasteiger partial charge in [0.1, 0.15) is 11.5 Å². The van der Waals surface area contributed by atoms with Crippen LogP contribution in [0.2, 0.25) is 0 Å². The molecule has 0 bridgehead atoms. The van der Waals surface area contributed by atoms with Gasteiger partial charge in [-0.15, -0.1) is 0 Å². The van der Waals surface area contributed by atoms with E-state index in [1.54, 1.807) is 24.3 Å². The highest BCUT2D eigenvalue weighted by Gasteiger charge is 2.15. The molecular weight excluding hydrogens is 452 g/mol. The quantitative estimate of drug-likeness (QED) is 0.352. The molecular formula is C22H19BrN2O3S. The van der Waals surface area contributed by atoms with Crippen molar-refractivity contribution < 1.29 is 14.6 Å². The Bertz CT molecular complexity index is 995. The second-order valence-corrected chi connectivity index (χ2v) is 7.50. The predicted octanol–water partition coefficient (Wildman–Crippen LogP) is 4.90. The number of amides is 1. The van der Waals surface area contributed by atoms with Crippen molar-refractivity contribution >= 4 is 44.9 Å². The monoisotopic (exact) mass is 470 g/mol. The number of aromatic hydroxyl groups is 1. The number of benzene rings is 3. The minimum atomic E-state index is -0.378. The van der Waals surface area contributed by atoms with E-state index in [0.717, 1.165) is 16.5 Å². The van der Waals surface area contributed by atoms with Crippen LogP contribution in [0.3, 0.4) is 0 Å². The van der Waals surface area contributed by atoms with Crippen molar-refractivity contribution in [3.05, 3.63) is 88.4 Å². The fraction of sp³-hybridized carbons (Fsp3) is 0.0909. The lowest BCUT2D eigenvalue weighted by molar-refractivity contribution is 0.0973. The number of nitrogens with one attached hydrogen (secondary N) is 2. The van der Waals surface area contributed by atoms with Gasteiger partial charge in [-0.05, 0) is 60.2 Å². The van der Waals surface area contributed by atoms with Crippen LogP contribution in [0.15, 0.2) is 77.3 Å². The molecule has 148 valence electrons. The molecule has 1 amide bonds. The third-order valence-electron chi connectivity index (χ3n) is 4.03. The molecule has 0 aliphatic rings. The summed E-state index contributed by atoms with van der Waals surface area (Å²) < 4.78 is 6.62. The molecule has 29 heavy (non-hydrogen) atoms. The first-order chi connectivity index (χ1) is 14.0. The number of hydrogen-bond acceptors (Lipinski definition) is 4. The second kappa shape index (κ2) is 10.0. The molecule has 0 atom stereocenters. The van der Waals surface area contributed by atoms with Crippen LogP contribution in [-0.4, -0.2) is 22.7 Å². The van der Waals surface area contributed by atoms with E-state index in [-0.39, 0.29) is 16.8 Å². The summed E-state index contributed by atoms with van der Waals surface area (Å²) in [6.07, 6.45) is 0.735. The number of carbonyl (C=O) groups is 1. The van der Waals surface area contributed by atoms with Crippen LogP contribution in [0.4, 0.5) is 5.69 Å². The molecule has 0 saturated heterocycles. The molecule has 7 heteroatoms. The fourth-order valence-electron chi connectivity index (χ4n) is 2.61. The molecule has 0 unspecified atom stereocenters. The van der Waals surface area contributed by atoms with Crippen molar-refractivity contribution in [3.63, 3.8) is 0 Å². The van der Waals surface area contributed by atoms with Crippen LogP contribution >= 0.6 is 28.1 Å². The molecule has 0 aliphatic heterocycles. The van der Waals surface area contributed by atoms with Gasteiger partial charge in [0.25, 0.3) is 5.91 Å². The highest BCUT2D eigenvalue weighted by Crippen LogP contribution is 2.24. The zero-order valence-corrected chi connectivity index (χ0v) is 17.8. The van der Waals surface area contributed by atoms with E-state index in [0.29, 0.717) is 23.6 Å². The topological polar surface area (TPSA) is 70.6 Å². The third kappa shape index (κ3) is 6.30. The van der Waals surface area contributed by atoms with Gasteiger partial charge in [-0.25, -0.2) is 0 Å². The van der Waals surface area contributed by atoms with E-state index in [4.69, 9.17) is 17.0 Å². The van der Waals surface area contributed by atoms with Gasteiger partial charge in [-0.3, -0.25) is 10.1 Å². The van der Waals surface area contributed by atoms with Crippen LogP contribution in [0.25, 0.3) is 0 Å². The average Bonchev–Trinajstić information content (AvgIpc) is 2.71.